The van der Waals surface area contributed by atoms with Crippen molar-refractivity contribution in [3.8, 4) is 0 Å². The Morgan fingerprint density at radius 2 is 2.15 bits per heavy atom. The predicted octanol–water partition coefficient (Wildman–Crippen LogP) is 3.09. The van der Waals surface area contributed by atoms with Crippen LogP contribution in [0.3, 0.4) is 0 Å². The average Bonchev–Trinajstić information content (AvgIpc) is 2.53. The molecule has 0 atom stereocenters. The van der Waals surface area contributed by atoms with Crippen LogP contribution in [0.4, 0.5) is 4.39 Å². The Bertz CT molecular complexity index is 433. The Balaban J connectivity index is 2.78. The molecule has 2 nitrogen and oxygen atoms in total. The number of rotatable bonds is 1. The van der Waals surface area contributed by atoms with Crippen molar-refractivity contribution >= 4 is 11.0 Å². The maximum absolute atomic E-state index is 13.2. The average molecular weight is 179 g/mol. The number of aromatic nitrogens is 1. The largest absolute Gasteiger partial charge is 0.356 e. The molecular weight excluding hydrogens is 169 g/mol. The Morgan fingerprint density at radius 1 is 1.38 bits per heavy atom. The Morgan fingerprint density at radius 3 is 2.85 bits per heavy atom. The van der Waals surface area contributed by atoms with Gasteiger partial charge in [0.15, 0.2) is 5.58 Å². The molecule has 68 valence electrons. The van der Waals surface area contributed by atoms with Crippen LogP contribution in [0.2, 0.25) is 0 Å². The highest BCUT2D eigenvalue weighted by Crippen LogP contribution is 2.26. The zero-order valence-electron chi connectivity index (χ0n) is 7.54. The van der Waals surface area contributed by atoms with Gasteiger partial charge in [-0.15, -0.1) is 0 Å². The van der Waals surface area contributed by atoms with Crippen LogP contribution >= 0.6 is 0 Å². The van der Waals surface area contributed by atoms with Gasteiger partial charge in [0.2, 0.25) is 0 Å². The van der Waals surface area contributed by atoms with E-state index in [0.717, 1.165) is 5.56 Å². The first-order chi connectivity index (χ1) is 6.20. The third-order valence-electron chi connectivity index (χ3n) is 2.12. The van der Waals surface area contributed by atoms with E-state index in [1.54, 1.807) is 6.07 Å². The number of hydrogen-bond donors (Lipinski definition) is 0. The van der Waals surface area contributed by atoms with Gasteiger partial charge in [0.1, 0.15) is 5.82 Å². The molecule has 2 rings (SSSR count). The molecular formula is C10H10FNO. The van der Waals surface area contributed by atoms with Gasteiger partial charge in [-0.2, -0.15) is 0 Å². The lowest BCUT2D eigenvalue weighted by atomic mass is 10.0. The fraction of sp³-hybridized carbons (Fsp3) is 0.300. The minimum absolute atomic E-state index is 0.277. The molecule has 0 aliphatic carbocycles. The Labute approximate surface area is 75.3 Å². The first kappa shape index (κ1) is 8.23. The summed E-state index contributed by atoms with van der Waals surface area (Å²) in [5.41, 5.74) is 1.56. The van der Waals surface area contributed by atoms with Gasteiger partial charge in [-0.1, -0.05) is 25.1 Å². The Hall–Kier alpha value is -1.38. The summed E-state index contributed by atoms with van der Waals surface area (Å²) in [6.07, 6.45) is 1.41. The standard InChI is InChI=1S/C10H10FNO/c1-6(2)7-3-4-9(11)8-5-12-13-10(7)8/h3-6H,1-2H3. The second-order valence-electron chi connectivity index (χ2n) is 3.36. The van der Waals surface area contributed by atoms with Crippen LogP contribution in [0.1, 0.15) is 25.3 Å². The molecule has 0 aliphatic rings. The smallest absolute Gasteiger partial charge is 0.173 e. The maximum atomic E-state index is 13.2. The first-order valence-electron chi connectivity index (χ1n) is 4.23. The molecule has 2 aromatic rings. The summed E-state index contributed by atoms with van der Waals surface area (Å²) >= 11 is 0. The minimum Gasteiger partial charge on any atom is -0.356 e. The van der Waals surface area contributed by atoms with Crippen molar-refractivity contribution in [1.29, 1.82) is 0 Å². The molecule has 0 aliphatic heterocycles. The highest BCUT2D eigenvalue weighted by atomic mass is 19.1. The molecule has 3 heteroatoms. The van der Waals surface area contributed by atoms with E-state index in [1.807, 2.05) is 13.8 Å². The summed E-state index contributed by atoms with van der Waals surface area (Å²) in [6.45, 7) is 4.07. The van der Waals surface area contributed by atoms with Crippen molar-refractivity contribution in [3.63, 3.8) is 0 Å². The van der Waals surface area contributed by atoms with Crippen LogP contribution < -0.4 is 0 Å². The number of benzene rings is 1. The molecule has 1 aromatic heterocycles. The molecule has 0 unspecified atom stereocenters. The number of fused-ring (bicyclic) bond motifs is 1. The fourth-order valence-electron chi connectivity index (χ4n) is 1.40. The summed E-state index contributed by atoms with van der Waals surface area (Å²) in [5.74, 6) is 0.0386. The second-order valence-corrected chi connectivity index (χ2v) is 3.36. The number of hydrogen-bond acceptors (Lipinski definition) is 2. The van der Waals surface area contributed by atoms with Gasteiger partial charge in [0.25, 0.3) is 0 Å². The molecule has 1 aromatic carbocycles. The lowest BCUT2D eigenvalue weighted by molar-refractivity contribution is 0.452. The van der Waals surface area contributed by atoms with Gasteiger partial charge in [-0.3, -0.25) is 0 Å². The molecule has 0 fully saturated rings. The van der Waals surface area contributed by atoms with E-state index in [1.165, 1.54) is 12.3 Å². The van der Waals surface area contributed by atoms with Crippen LogP contribution in [0, 0.1) is 5.82 Å². The zero-order valence-corrected chi connectivity index (χ0v) is 7.54. The van der Waals surface area contributed by atoms with Gasteiger partial charge >= 0.3 is 0 Å². The van der Waals surface area contributed by atoms with E-state index in [0.29, 0.717) is 16.9 Å². The van der Waals surface area contributed by atoms with Crippen molar-refractivity contribution in [2.45, 2.75) is 19.8 Å². The predicted molar refractivity (Wildman–Crippen MR) is 48.1 cm³/mol. The van der Waals surface area contributed by atoms with Crippen LogP contribution in [-0.4, -0.2) is 5.16 Å². The SMILES string of the molecule is CC(C)c1ccc(F)c2cnoc12. The van der Waals surface area contributed by atoms with Gasteiger partial charge in [0, 0.05) is 5.56 Å². The number of nitrogens with zero attached hydrogens (tertiary/aromatic N) is 1. The second kappa shape index (κ2) is 2.83. The third-order valence-corrected chi connectivity index (χ3v) is 2.12. The van der Waals surface area contributed by atoms with Crippen molar-refractivity contribution in [1.82, 2.24) is 5.16 Å². The van der Waals surface area contributed by atoms with Crippen LogP contribution in [0.15, 0.2) is 22.9 Å². The summed E-state index contributed by atoms with van der Waals surface area (Å²) in [7, 11) is 0. The summed E-state index contributed by atoms with van der Waals surface area (Å²) in [6, 6.07) is 3.20. The lowest BCUT2D eigenvalue weighted by Crippen LogP contribution is -1.88. The van der Waals surface area contributed by atoms with Crippen molar-refractivity contribution in [2.24, 2.45) is 0 Å². The first-order valence-corrected chi connectivity index (χ1v) is 4.23. The molecule has 13 heavy (non-hydrogen) atoms. The van der Waals surface area contributed by atoms with Gasteiger partial charge in [-0.05, 0) is 12.0 Å². The molecule has 1 heterocycles. The monoisotopic (exact) mass is 179 g/mol. The third kappa shape index (κ3) is 1.20. The normalized spacial score (nSPS) is 11.4. The van der Waals surface area contributed by atoms with Gasteiger partial charge in [0.05, 0.1) is 11.6 Å². The lowest BCUT2D eigenvalue weighted by Gasteiger charge is -2.04. The van der Waals surface area contributed by atoms with Crippen LogP contribution in [0.25, 0.3) is 11.0 Å². The molecule has 0 saturated carbocycles. The highest BCUT2D eigenvalue weighted by Gasteiger charge is 2.11. The van der Waals surface area contributed by atoms with E-state index in [4.69, 9.17) is 4.52 Å². The molecule has 0 spiro atoms. The summed E-state index contributed by atoms with van der Waals surface area (Å²) < 4.78 is 18.2. The van der Waals surface area contributed by atoms with E-state index in [-0.39, 0.29) is 5.82 Å². The molecule has 0 amide bonds. The Kier molecular flexibility index (Phi) is 1.79. The van der Waals surface area contributed by atoms with Gasteiger partial charge in [-0.25, -0.2) is 4.39 Å². The molecule has 0 saturated heterocycles. The number of halogens is 1. The molecule has 0 radical (unpaired) electrons. The maximum Gasteiger partial charge on any atom is 0.173 e. The summed E-state index contributed by atoms with van der Waals surface area (Å²) in [5, 5.41) is 4.05. The van der Waals surface area contributed by atoms with Gasteiger partial charge < -0.3 is 4.52 Å². The van der Waals surface area contributed by atoms with E-state index in [2.05, 4.69) is 5.16 Å². The highest BCUT2D eigenvalue weighted by molar-refractivity contribution is 5.80. The van der Waals surface area contributed by atoms with Crippen LogP contribution in [-0.2, 0) is 0 Å². The molecule has 0 bridgehead atoms. The summed E-state index contributed by atoms with van der Waals surface area (Å²) in [4.78, 5) is 0. The van der Waals surface area contributed by atoms with Crippen molar-refractivity contribution < 1.29 is 8.91 Å². The molecule has 0 N–H and O–H groups in total. The van der Waals surface area contributed by atoms with E-state index < -0.39 is 0 Å². The zero-order chi connectivity index (χ0) is 9.42. The fourth-order valence-corrected chi connectivity index (χ4v) is 1.40. The van der Waals surface area contributed by atoms with E-state index >= 15 is 0 Å². The van der Waals surface area contributed by atoms with Crippen molar-refractivity contribution in [3.05, 3.63) is 29.7 Å². The van der Waals surface area contributed by atoms with E-state index in [9.17, 15) is 4.39 Å². The topological polar surface area (TPSA) is 26.0 Å². The van der Waals surface area contributed by atoms with Crippen LogP contribution in [0.5, 0.6) is 0 Å². The quantitative estimate of drug-likeness (QED) is 0.672. The van der Waals surface area contributed by atoms with Crippen molar-refractivity contribution in [2.75, 3.05) is 0 Å². The minimum atomic E-state index is -0.277.